The second kappa shape index (κ2) is 9.75. The van der Waals surface area contributed by atoms with Gasteiger partial charge in [-0.1, -0.05) is 84.4 Å². The molecule has 0 aliphatic carbocycles. The summed E-state index contributed by atoms with van der Waals surface area (Å²) in [5, 5.41) is 6.51. The molecule has 0 atom stereocenters. The largest absolute Gasteiger partial charge is 0.291 e. The predicted octanol–water partition coefficient (Wildman–Crippen LogP) is 5.45. The fourth-order valence-corrected chi connectivity index (χ4v) is 8.28. The van der Waals surface area contributed by atoms with Crippen molar-refractivity contribution in [1.82, 2.24) is 5.32 Å². The molecule has 0 saturated carbocycles. The van der Waals surface area contributed by atoms with Crippen molar-refractivity contribution in [3.63, 3.8) is 0 Å². The molecule has 0 radical (unpaired) electrons. The number of rotatable bonds is 6. The molecule has 0 aromatic heterocycles. The molecule has 0 fully saturated rings. The average molecular weight is 443 g/mol. The van der Waals surface area contributed by atoms with Crippen LogP contribution in [0, 0.1) is 0 Å². The lowest BCUT2D eigenvalue weighted by molar-refractivity contribution is 0.0968. The SMILES string of the molecule is O=C(N/C(=C/Cl)[P+](c1ccccc1)(c1ccccc1)c1ccccc1)c1ccccc1. The molecular weight excluding hydrogens is 421 g/mol. The van der Waals surface area contributed by atoms with E-state index in [1.807, 2.05) is 72.8 Å². The average Bonchev–Trinajstić information content (AvgIpc) is 2.86. The van der Waals surface area contributed by atoms with Crippen molar-refractivity contribution >= 4 is 40.7 Å². The van der Waals surface area contributed by atoms with Crippen molar-refractivity contribution in [2.24, 2.45) is 0 Å². The second-order valence-corrected chi connectivity index (χ2v) is 10.6. The minimum absolute atomic E-state index is 0.181. The van der Waals surface area contributed by atoms with Crippen LogP contribution >= 0.6 is 18.9 Å². The maximum atomic E-state index is 13.2. The summed E-state index contributed by atoms with van der Waals surface area (Å²) in [6, 6.07) is 40.1. The number of nitrogens with one attached hydrogen (secondary N) is 1. The molecule has 0 heterocycles. The minimum Gasteiger partial charge on any atom is -0.291 e. The molecule has 4 aromatic carbocycles. The number of hydrogen-bond donors (Lipinski definition) is 1. The van der Waals surface area contributed by atoms with E-state index in [4.69, 9.17) is 11.6 Å². The Morgan fingerprint density at radius 1 is 0.613 bits per heavy atom. The summed E-state index contributed by atoms with van der Waals surface area (Å²) in [5.74, 6) is -0.181. The maximum absolute atomic E-state index is 13.2. The molecule has 152 valence electrons. The summed E-state index contributed by atoms with van der Waals surface area (Å²) in [6.07, 6.45) is 0. The molecule has 0 saturated heterocycles. The third-order valence-corrected chi connectivity index (χ3v) is 9.72. The van der Waals surface area contributed by atoms with Crippen LogP contribution in [0.15, 0.2) is 132 Å². The Balaban J connectivity index is 1.96. The number of amides is 1. The van der Waals surface area contributed by atoms with E-state index in [0.29, 0.717) is 11.0 Å². The van der Waals surface area contributed by atoms with Crippen molar-refractivity contribution in [3.8, 4) is 0 Å². The molecule has 2 nitrogen and oxygen atoms in total. The van der Waals surface area contributed by atoms with Gasteiger partial charge in [-0.15, -0.1) is 0 Å². The fraction of sp³-hybridized carbons (Fsp3) is 0. The highest BCUT2D eigenvalue weighted by atomic mass is 35.5. The van der Waals surface area contributed by atoms with E-state index in [1.54, 1.807) is 12.1 Å². The van der Waals surface area contributed by atoms with Crippen LogP contribution in [0.4, 0.5) is 0 Å². The number of halogens is 1. The normalized spacial score (nSPS) is 11.7. The minimum atomic E-state index is -2.44. The van der Waals surface area contributed by atoms with E-state index in [0.717, 1.165) is 15.9 Å². The van der Waals surface area contributed by atoms with Gasteiger partial charge in [0.05, 0.1) is 5.54 Å². The first kappa shape index (κ1) is 21.1. The van der Waals surface area contributed by atoms with Crippen molar-refractivity contribution in [2.45, 2.75) is 0 Å². The van der Waals surface area contributed by atoms with Crippen LogP contribution in [-0.4, -0.2) is 5.91 Å². The van der Waals surface area contributed by atoms with Crippen LogP contribution in [0.3, 0.4) is 0 Å². The smallest absolute Gasteiger partial charge is 0.258 e. The standard InChI is InChI=1S/C27H21ClNOP/c28-21-26(29-27(30)22-13-5-1-6-14-22)31(23-15-7-2-8-16-23,24-17-9-3-10-18-24)25-19-11-4-12-20-25/h1-21H/p+1/b26-21-. The zero-order valence-electron chi connectivity index (χ0n) is 16.9. The Morgan fingerprint density at radius 3 is 1.32 bits per heavy atom. The Bertz CT molecular complexity index is 1070. The van der Waals surface area contributed by atoms with Crippen molar-refractivity contribution in [1.29, 1.82) is 0 Å². The summed E-state index contributed by atoms with van der Waals surface area (Å²) in [4.78, 5) is 13.2. The van der Waals surface area contributed by atoms with Gasteiger partial charge in [0.25, 0.3) is 5.91 Å². The van der Waals surface area contributed by atoms with Gasteiger partial charge in [-0.3, -0.25) is 10.1 Å². The van der Waals surface area contributed by atoms with E-state index < -0.39 is 7.26 Å². The van der Waals surface area contributed by atoms with Crippen LogP contribution in [0.1, 0.15) is 10.4 Å². The van der Waals surface area contributed by atoms with Gasteiger partial charge in [0.2, 0.25) is 0 Å². The molecule has 0 spiro atoms. The van der Waals surface area contributed by atoms with E-state index in [-0.39, 0.29) is 5.91 Å². The zero-order chi connectivity index (χ0) is 21.5. The molecule has 0 aliphatic heterocycles. The van der Waals surface area contributed by atoms with Gasteiger partial charge in [0, 0.05) is 5.56 Å². The van der Waals surface area contributed by atoms with Crippen molar-refractivity contribution in [2.75, 3.05) is 0 Å². The van der Waals surface area contributed by atoms with Crippen LogP contribution < -0.4 is 21.2 Å². The molecule has 31 heavy (non-hydrogen) atoms. The van der Waals surface area contributed by atoms with Gasteiger partial charge < -0.3 is 0 Å². The highest BCUT2D eigenvalue weighted by Gasteiger charge is 2.50. The monoisotopic (exact) mass is 442 g/mol. The number of hydrogen-bond acceptors (Lipinski definition) is 1. The van der Waals surface area contributed by atoms with E-state index >= 15 is 0 Å². The number of benzene rings is 4. The molecule has 0 aliphatic rings. The first-order valence-electron chi connectivity index (χ1n) is 10.00. The third-order valence-electron chi connectivity index (χ3n) is 5.17. The maximum Gasteiger partial charge on any atom is 0.258 e. The number of carbonyl (C=O) groups is 1. The first-order valence-corrected chi connectivity index (χ1v) is 12.2. The molecule has 4 aromatic rings. The Morgan fingerprint density at radius 2 is 0.968 bits per heavy atom. The molecule has 0 bridgehead atoms. The first-order chi connectivity index (χ1) is 15.3. The van der Waals surface area contributed by atoms with E-state index in [1.165, 1.54) is 5.54 Å². The van der Waals surface area contributed by atoms with Crippen molar-refractivity contribution < 1.29 is 4.79 Å². The lowest BCUT2D eigenvalue weighted by atomic mass is 10.2. The molecule has 0 unspecified atom stereocenters. The zero-order valence-corrected chi connectivity index (χ0v) is 18.5. The fourth-order valence-electron chi connectivity index (χ4n) is 3.78. The van der Waals surface area contributed by atoms with E-state index in [2.05, 4.69) is 41.7 Å². The van der Waals surface area contributed by atoms with Gasteiger partial charge in [0.1, 0.15) is 15.9 Å². The predicted molar refractivity (Wildman–Crippen MR) is 133 cm³/mol. The Hall–Kier alpha value is -3.19. The summed E-state index contributed by atoms with van der Waals surface area (Å²) >= 11 is 6.48. The van der Waals surface area contributed by atoms with Crippen LogP contribution in [0.2, 0.25) is 0 Å². The molecule has 1 N–H and O–H groups in total. The quantitative estimate of drug-likeness (QED) is 0.395. The second-order valence-electron chi connectivity index (χ2n) is 6.99. The van der Waals surface area contributed by atoms with Gasteiger partial charge >= 0.3 is 0 Å². The molecule has 4 heteroatoms. The lowest BCUT2D eigenvalue weighted by Crippen LogP contribution is -2.38. The Labute approximate surface area is 188 Å². The van der Waals surface area contributed by atoms with Crippen LogP contribution in [0.5, 0.6) is 0 Å². The molecule has 1 amide bonds. The van der Waals surface area contributed by atoms with Gasteiger partial charge in [-0.2, -0.15) is 0 Å². The van der Waals surface area contributed by atoms with Gasteiger partial charge in [-0.05, 0) is 48.5 Å². The van der Waals surface area contributed by atoms with Crippen LogP contribution in [0.25, 0.3) is 0 Å². The van der Waals surface area contributed by atoms with Crippen molar-refractivity contribution in [3.05, 3.63) is 138 Å². The number of carbonyl (C=O) groups excluding carboxylic acids is 1. The Kier molecular flexibility index (Phi) is 6.62. The van der Waals surface area contributed by atoms with Gasteiger partial charge in [0.15, 0.2) is 12.7 Å². The summed E-state index contributed by atoms with van der Waals surface area (Å²) in [7, 11) is -2.44. The van der Waals surface area contributed by atoms with Gasteiger partial charge in [-0.25, -0.2) is 0 Å². The summed E-state index contributed by atoms with van der Waals surface area (Å²) < 4.78 is 0. The van der Waals surface area contributed by atoms with Crippen LogP contribution in [-0.2, 0) is 0 Å². The molecular formula is C27H22ClNOP+. The van der Waals surface area contributed by atoms with E-state index in [9.17, 15) is 4.79 Å². The third kappa shape index (κ3) is 4.18. The molecule has 4 rings (SSSR count). The topological polar surface area (TPSA) is 29.1 Å². The lowest BCUT2D eigenvalue weighted by Gasteiger charge is -2.29. The highest BCUT2D eigenvalue weighted by Crippen LogP contribution is 2.61. The summed E-state index contributed by atoms with van der Waals surface area (Å²) in [6.45, 7) is 0. The summed E-state index contributed by atoms with van der Waals surface area (Å²) in [5.41, 5.74) is 2.82. The highest BCUT2D eigenvalue weighted by molar-refractivity contribution is 7.99.